The number of carbonyl (C=O) groups excluding carboxylic acids is 1. The van der Waals surface area contributed by atoms with Crippen molar-refractivity contribution in [2.75, 3.05) is 31.5 Å². The van der Waals surface area contributed by atoms with Gasteiger partial charge in [-0.3, -0.25) is 9.69 Å². The third-order valence-electron chi connectivity index (χ3n) is 5.78. The Morgan fingerprint density at radius 3 is 2.44 bits per heavy atom. The number of para-hydroxylation sites is 1. The van der Waals surface area contributed by atoms with Crippen LogP contribution in [0.5, 0.6) is 0 Å². The zero-order valence-corrected chi connectivity index (χ0v) is 21.7. The normalized spacial score (nSPS) is 15.6. The predicted molar refractivity (Wildman–Crippen MR) is 144 cm³/mol. The Morgan fingerprint density at radius 1 is 1.03 bits per heavy atom. The molecular formula is C25H36IN5O. The Labute approximate surface area is 209 Å². The first-order valence-corrected chi connectivity index (χ1v) is 11.3. The molecule has 32 heavy (non-hydrogen) atoms. The van der Waals surface area contributed by atoms with E-state index < -0.39 is 0 Å². The molecule has 1 aliphatic heterocycles. The average molecular weight is 550 g/mol. The molecule has 0 spiro atoms. The number of aliphatic imine (C=N–C) groups is 1. The average Bonchev–Trinajstić information content (AvgIpc) is 2.79. The summed E-state index contributed by atoms with van der Waals surface area (Å²) in [5, 5.41) is 9.76. The zero-order valence-electron chi connectivity index (χ0n) is 19.4. The van der Waals surface area contributed by atoms with Crippen molar-refractivity contribution in [3.05, 3.63) is 65.2 Å². The van der Waals surface area contributed by atoms with E-state index in [4.69, 9.17) is 4.99 Å². The van der Waals surface area contributed by atoms with Crippen molar-refractivity contribution in [2.24, 2.45) is 4.99 Å². The minimum Gasteiger partial charge on any atom is -0.357 e. The number of rotatable bonds is 9. The van der Waals surface area contributed by atoms with Crippen molar-refractivity contribution in [1.82, 2.24) is 15.5 Å². The van der Waals surface area contributed by atoms with Gasteiger partial charge in [-0.2, -0.15) is 0 Å². The third-order valence-corrected chi connectivity index (χ3v) is 5.78. The van der Waals surface area contributed by atoms with Gasteiger partial charge in [0.15, 0.2) is 5.96 Å². The van der Waals surface area contributed by atoms with Gasteiger partial charge >= 0.3 is 0 Å². The van der Waals surface area contributed by atoms with E-state index >= 15 is 0 Å². The lowest BCUT2D eigenvalue weighted by Crippen LogP contribution is -2.40. The van der Waals surface area contributed by atoms with Crippen LogP contribution in [-0.2, 0) is 17.9 Å². The van der Waals surface area contributed by atoms with Gasteiger partial charge in [-0.05, 0) is 42.8 Å². The number of benzene rings is 2. The Balaban J connectivity index is 0.00000363. The summed E-state index contributed by atoms with van der Waals surface area (Å²) in [4.78, 5) is 19.4. The van der Waals surface area contributed by atoms with E-state index in [0.717, 1.165) is 37.8 Å². The molecule has 1 aliphatic rings. The molecule has 3 N–H and O–H groups in total. The summed E-state index contributed by atoms with van der Waals surface area (Å²) in [7, 11) is 0. The van der Waals surface area contributed by atoms with Crippen molar-refractivity contribution < 1.29 is 4.79 Å². The molecule has 7 heteroatoms. The second-order valence-corrected chi connectivity index (χ2v) is 7.84. The Bertz CT molecular complexity index is 897. The highest BCUT2D eigenvalue weighted by molar-refractivity contribution is 14.0. The largest absolute Gasteiger partial charge is 0.357 e. The van der Waals surface area contributed by atoms with Crippen LogP contribution in [0.1, 0.15) is 49.8 Å². The fraction of sp³-hybridized carbons (Fsp3) is 0.440. The van der Waals surface area contributed by atoms with Gasteiger partial charge in [-0.1, -0.05) is 56.3 Å². The molecule has 1 heterocycles. The van der Waals surface area contributed by atoms with Gasteiger partial charge in [0, 0.05) is 37.7 Å². The van der Waals surface area contributed by atoms with E-state index in [-0.39, 0.29) is 35.8 Å². The van der Waals surface area contributed by atoms with Gasteiger partial charge in [-0.15, -0.1) is 24.0 Å². The van der Waals surface area contributed by atoms with Crippen LogP contribution < -0.4 is 16.0 Å². The van der Waals surface area contributed by atoms with Crippen molar-refractivity contribution in [3.63, 3.8) is 0 Å². The van der Waals surface area contributed by atoms with E-state index in [1.54, 1.807) is 0 Å². The van der Waals surface area contributed by atoms with Crippen LogP contribution in [0.15, 0.2) is 53.5 Å². The highest BCUT2D eigenvalue weighted by Crippen LogP contribution is 2.31. The lowest BCUT2D eigenvalue weighted by Gasteiger charge is -2.26. The fourth-order valence-corrected chi connectivity index (χ4v) is 3.96. The standard InChI is InChI=1S/C25H35N5O.HI/c1-4-26-25(27-16-19-11-7-8-12-20(19)18-30(5-2)6-3)28-17-21-15-24(31)29-23-14-10-9-13-22(21)23;/h7-14,21H,4-6,15-18H2,1-3H3,(H,29,31)(H2,26,27,28);1H. The molecule has 174 valence electrons. The van der Waals surface area contributed by atoms with Crippen LogP contribution in [0.3, 0.4) is 0 Å². The molecule has 6 nitrogen and oxygen atoms in total. The second-order valence-electron chi connectivity index (χ2n) is 7.84. The summed E-state index contributed by atoms with van der Waals surface area (Å²) in [6, 6.07) is 16.6. The van der Waals surface area contributed by atoms with Crippen molar-refractivity contribution >= 4 is 41.5 Å². The summed E-state index contributed by atoms with van der Waals surface area (Å²) >= 11 is 0. The van der Waals surface area contributed by atoms with E-state index in [2.05, 4.69) is 72.0 Å². The highest BCUT2D eigenvalue weighted by atomic mass is 127. The van der Waals surface area contributed by atoms with Crippen LogP contribution >= 0.6 is 24.0 Å². The van der Waals surface area contributed by atoms with Crippen LogP contribution in [0.4, 0.5) is 5.69 Å². The first-order valence-electron chi connectivity index (χ1n) is 11.3. The van der Waals surface area contributed by atoms with Crippen molar-refractivity contribution in [1.29, 1.82) is 0 Å². The maximum atomic E-state index is 12.1. The Kier molecular flexibility index (Phi) is 11.0. The van der Waals surface area contributed by atoms with Gasteiger partial charge in [0.1, 0.15) is 0 Å². The summed E-state index contributed by atoms with van der Waals surface area (Å²) in [5.74, 6) is 0.977. The molecular weight excluding hydrogens is 513 g/mol. The quantitative estimate of drug-likeness (QED) is 0.248. The maximum absolute atomic E-state index is 12.1. The van der Waals surface area contributed by atoms with Crippen molar-refractivity contribution in [3.8, 4) is 0 Å². The Morgan fingerprint density at radius 2 is 1.72 bits per heavy atom. The third kappa shape index (κ3) is 7.20. The number of fused-ring (bicyclic) bond motifs is 1. The molecule has 0 radical (unpaired) electrons. The smallest absolute Gasteiger partial charge is 0.225 e. The number of nitrogens with zero attached hydrogens (tertiary/aromatic N) is 2. The minimum atomic E-state index is 0. The number of hydrogen-bond donors (Lipinski definition) is 3. The van der Waals surface area contributed by atoms with Crippen molar-refractivity contribution in [2.45, 2.75) is 46.2 Å². The molecule has 1 amide bonds. The Hall–Kier alpha value is -2.13. The number of carbonyl (C=O) groups is 1. The monoisotopic (exact) mass is 549 g/mol. The molecule has 3 rings (SSSR count). The topological polar surface area (TPSA) is 68.8 Å². The van der Waals surface area contributed by atoms with Gasteiger partial charge in [0.2, 0.25) is 5.91 Å². The van der Waals surface area contributed by atoms with Crippen LogP contribution in [0, 0.1) is 0 Å². The number of nitrogens with one attached hydrogen (secondary N) is 3. The molecule has 1 unspecified atom stereocenters. The molecule has 2 aromatic rings. The number of anilines is 1. The van der Waals surface area contributed by atoms with Gasteiger partial charge in [-0.25, -0.2) is 4.99 Å². The van der Waals surface area contributed by atoms with Crippen LogP contribution in [0.25, 0.3) is 0 Å². The van der Waals surface area contributed by atoms with Gasteiger partial charge in [0.25, 0.3) is 0 Å². The number of amides is 1. The van der Waals surface area contributed by atoms with E-state index in [1.807, 2.05) is 18.2 Å². The second kappa shape index (κ2) is 13.4. The van der Waals surface area contributed by atoms with Gasteiger partial charge in [0.05, 0.1) is 6.54 Å². The molecule has 0 aromatic heterocycles. The first-order chi connectivity index (χ1) is 15.1. The number of guanidine groups is 1. The summed E-state index contributed by atoms with van der Waals surface area (Å²) in [6.07, 6.45) is 0.482. The summed E-state index contributed by atoms with van der Waals surface area (Å²) in [6.45, 7) is 11.5. The van der Waals surface area contributed by atoms with E-state index in [9.17, 15) is 4.79 Å². The predicted octanol–water partition coefficient (Wildman–Crippen LogP) is 4.33. The minimum absolute atomic E-state index is 0. The zero-order chi connectivity index (χ0) is 22.1. The number of halogens is 1. The molecule has 0 saturated carbocycles. The lowest BCUT2D eigenvalue weighted by atomic mass is 9.90. The molecule has 0 aliphatic carbocycles. The summed E-state index contributed by atoms with van der Waals surface area (Å²) in [5.41, 5.74) is 4.66. The lowest BCUT2D eigenvalue weighted by molar-refractivity contribution is -0.116. The molecule has 0 saturated heterocycles. The van der Waals surface area contributed by atoms with Crippen LogP contribution in [-0.4, -0.2) is 42.9 Å². The highest BCUT2D eigenvalue weighted by Gasteiger charge is 2.24. The summed E-state index contributed by atoms with van der Waals surface area (Å²) < 4.78 is 0. The maximum Gasteiger partial charge on any atom is 0.225 e. The van der Waals surface area contributed by atoms with E-state index in [0.29, 0.717) is 19.5 Å². The SMILES string of the molecule is CCNC(=NCc1ccccc1CN(CC)CC)NCC1CC(=O)Nc2ccccc21.I. The number of hydrogen-bond acceptors (Lipinski definition) is 3. The fourth-order valence-electron chi connectivity index (χ4n) is 3.96. The molecule has 0 fully saturated rings. The van der Waals surface area contributed by atoms with Gasteiger partial charge < -0.3 is 16.0 Å². The molecule has 0 bridgehead atoms. The molecule has 1 atom stereocenters. The molecule has 2 aromatic carbocycles. The van der Waals surface area contributed by atoms with Crippen LogP contribution in [0.2, 0.25) is 0 Å². The van der Waals surface area contributed by atoms with E-state index in [1.165, 1.54) is 16.7 Å². The first kappa shape index (κ1) is 26.1.